The maximum absolute atomic E-state index is 11.6. The first-order valence-electron chi connectivity index (χ1n) is 6.56. The third-order valence-electron chi connectivity index (χ3n) is 3.67. The van der Waals surface area contributed by atoms with E-state index in [1.807, 2.05) is 0 Å². The second-order valence-electron chi connectivity index (χ2n) is 4.90. The van der Waals surface area contributed by atoms with Gasteiger partial charge in [0.2, 0.25) is 0 Å². The number of ether oxygens (including phenoxy) is 3. The van der Waals surface area contributed by atoms with Crippen molar-refractivity contribution in [2.75, 3.05) is 20.3 Å². The average Bonchev–Trinajstić information content (AvgIpc) is 2.78. The summed E-state index contributed by atoms with van der Waals surface area (Å²) in [6.45, 7) is 1.13. The van der Waals surface area contributed by atoms with Crippen molar-refractivity contribution < 1.29 is 23.8 Å². The van der Waals surface area contributed by atoms with Crippen molar-refractivity contribution in [2.24, 2.45) is 11.8 Å². The summed E-state index contributed by atoms with van der Waals surface area (Å²) in [7, 11) is 1.32. The molecule has 0 radical (unpaired) electrons. The lowest BCUT2D eigenvalue weighted by Gasteiger charge is -2.25. The van der Waals surface area contributed by atoms with Gasteiger partial charge in [-0.25, -0.2) is 0 Å². The van der Waals surface area contributed by atoms with E-state index in [0.29, 0.717) is 19.4 Å². The van der Waals surface area contributed by atoms with Gasteiger partial charge in [-0.05, 0) is 25.7 Å². The van der Waals surface area contributed by atoms with Gasteiger partial charge >= 0.3 is 5.97 Å². The molecule has 5 nitrogen and oxygen atoms in total. The number of hydrogen-bond donors (Lipinski definition) is 0. The third-order valence-corrected chi connectivity index (χ3v) is 3.67. The Morgan fingerprint density at radius 1 is 1.39 bits per heavy atom. The largest absolute Gasteiger partial charge is 0.468 e. The van der Waals surface area contributed by atoms with Crippen LogP contribution in [0.4, 0.5) is 0 Å². The van der Waals surface area contributed by atoms with Gasteiger partial charge < -0.3 is 14.2 Å². The Hall–Kier alpha value is -0.940. The van der Waals surface area contributed by atoms with Crippen molar-refractivity contribution in [3.8, 4) is 0 Å². The molecule has 1 saturated carbocycles. The van der Waals surface area contributed by atoms with E-state index in [0.717, 1.165) is 25.9 Å². The summed E-state index contributed by atoms with van der Waals surface area (Å²) in [5, 5.41) is 0. The topological polar surface area (TPSA) is 61.8 Å². The normalized spacial score (nSPS) is 32.5. The smallest absolute Gasteiger partial charge is 0.316 e. The second-order valence-corrected chi connectivity index (χ2v) is 4.90. The number of Topliss-reactive ketones (excluding diaryl/α,β-unsaturated/α-hetero) is 1. The van der Waals surface area contributed by atoms with E-state index in [4.69, 9.17) is 9.47 Å². The van der Waals surface area contributed by atoms with Gasteiger partial charge in [-0.1, -0.05) is 0 Å². The molecule has 0 aromatic rings. The lowest BCUT2D eigenvalue weighted by Crippen LogP contribution is -2.31. The van der Waals surface area contributed by atoms with Gasteiger partial charge in [0, 0.05) is 18.9 Å². The number of ketones is 1. The first-order chi connectivity index (χ1) is 8.72. The van der Waals surface area contributed by atoms with Gasteiger partial charge in [0.05, 0.1) is 13.7 Å². The molecule has 0 aromatic carbocycles. The zero-order valence-electron chi connectivity index (χ0n) is 10.7. The molecule has 1 aliphatic carbocycles. The van der Waals surface area contributed by atoms with Crippen molar-refractivity contribution in [2.45, 2.75) is 38.4 Å². The van der Waals surface area contributed by atoms with Crippen LogP contribution in [-0.2, 0) is 23.8 Å². The number of hydrogen-bond acceptors (Lipinski definition) is 5. The van der Waals surface area contributed by atoms with E-state index in [1.165, 1.54) is 7.11 Å². The van der Waals surface area contributed by atoms with E-state index < -0.39 is 11.9 Å². The number of methoxy groups -OCH3 is 1. The number of carbonyl (C=O) groups is 2. The molecule has 3 atom stereocenters. The van der Waals surface area contributed by atoms with Crippen molar-refractivity contribution in [3.63, 3.8) is 0 Å². The van der Waals surface area contributed by atoms with Crippen LogP contribution in [0.1, 0.15) is 32.1 Å². The van der Waals surface area contributed by atoms with Crippen LogP contribution in [0.15, 0.2) is 0 Å². The molecule has 1 heterocycles. The van der Waals surface area contributed by atoms with Crippen LogP contribution in [0.3, 0.4) is 0 Å². The third kappa shape index (κ3) is 3.09. The molecule has 2 fully saturated rings. The SMILES string of the molecule is COC(=O)C1C(=O)CCC1COC1CCCCO1. The molecule has 0 spiro atoms. The lowest BCUT2D eigenvalue weighted by molar-refractivity contribution is -0.174. The minimum atomic E-state index is -0.640. The summed E-state index contributed by atoms with van der Waals surface area (Å²) in [4.78, 5) is 23.2. The molecule has 3 unspecified atom stereocenters. The van der Waals surface area contributed by atoms with E-state index >= 15 is 0 Å². The van der Waals surface area contributed by atoms with Crippen LogP contribution in [0.2, 0.25) is 0 Å². The lowest BCUT2D eigenvalue weighted by atomic mass is 9.96. The maximum atomic E-state index is 11.6. The summed E-state index contributed by atoms with van der Waals surface area (Å²) in [5.74, 6) is -1.16. The molecule has 102 valence electrons. The highest BCUT2D eigenvalue weighted by Gasteiger charge is 2.41. The van der Waals surface area contributed by atoms with Crippen LogP contribution in [0, 0.1) is 11.8 Å². The van der Waals surface area contributed by atoms with E-state index in [2.05, 4.69) is 4.74 Å². The van der Waals surface area contributed by atoms with Gasteiger partial charge in [0.1, 0.15) is 11.7 Å². The van der Waals surface area contributed by atoms with Crippen LogP contribution in [0.5, 0.6) is 0 Å². The predicted octanol–water partition coefficient (Wildman–Crippen LogP) is 1.30. The van der Waals surface area contributed by atoms with Crippen LogP contribution < -0.4 is 0 Å². The quantitative estimate of drug-likeness (QED) is 0.560. The van der Waals surface area contributed by atoms with Crippen molar-refractivity contribution in [1.29, 1.82) is 0 Å². The monoisotopic (exact) mass is 256 g/mol. The molecule has 1 saturated heterocycles. The summed E-state index contributed by atoms with van der Waals surface area (Å²) in [5.41, 5.74) is 0. The van der Waals surface area contributed by atoms with E-state index in [9.17, 15) is 9.59 Å². The zero-order chi connectivity index (χ0) is 13.0. The molecule has 1 aliphatic heterocycles. The van der Waals surface area contributed by atoms with Gasteiger partial charge in [-0.3, -0.25) is 9.59 Å². The second kappa shape index (κ2) is 6.29. The first kappa shape index (κ1) is 13.5. The van der Waals surface area contributed by atoms with E-state index in [-0.39, 0.29) is 18.0 Å². The summed E-state index contributed by atoms with van der Waals surface area (Å²) in [6, 6.07) is 0. The number of rotatable bonds is 4. The van der Waals surface area contributed by atoms with E-state index in [1.54, 1.807) is 0 Å². The first-order valence-corrected chi connectivity index (χ1v) is 6.56. The van der Waals surface area contributed by atoms with Crippen LogP contribution in [-0.4, -0.2) is 38.4 Å². The fourth-order valence-electron chi connectivity index (χ4n) is 2.62. The Kier molecular flexibility index (Phi) is 4.72. The molecule has 5 heteroatoms. The molecule has 2 rings (SSSR count). The zero-order valence-corrected chi connectivity index (χ0v) is 10.7. The minimum absolute atomic E-state index is 0.0278. The Morgan fingerprint density at radius 3 is 2.89 bits per heavy atom. The molecule has 18 heavy (non-hydrogen) atoms. The highest BCUT2D eigenvalue weighted by molar-refractivity contribution is 6.00. The molecule has 0 bridgehead atoms. The van der Waals surface area contributed by atoms with Crippen LogP contribution in [0.25, 0.3) is 0 Å². The summed E-state index contributed by atoms with van der Waals surface area (Å²) >= 11 is 0. The van der Waals surface area contributed by atoms with Gasteiger partial charge in [0.25, 0.3) is 0 Å². The van der Waals surface area contributed by atoms with Gasteiger partial charge in [-0.2, -0.15) is 0 Å². The Bertz CT molecular complexity index is 309. The molecule has 0 amide bonds. The number of carbonyl (C=O) groups excluding carboxylic acids is 2. The summed E-state index contributed by atoms with van der Waals surface area (Å²) in [6.07, 6.45) is 4.04. The van der Waals surface area contributed by atoms with Crippen molar-refractivity contribution >= 4 is 11.8 Å². The van der Waals surface area contributed by atoms with Crippen molar-refractivity contribution in [3.05, 3.63) is 0 Å². The Labute approximate surface area is 107 Å². The Morgan fingerprint density at radius 2 is 2.22 bits per heavy atom. The molecular weight excluding hydrogens is 236 g/mol. The molecule has 0 N–H and O–H groups in total. The highest BCUT2D eigenvalue weighted by Crippen LogP contribution is 2.30. The van der Waals surface area contributed by atoms with Gasteiger partial charge in [0.15, 0.2) is 6.29 Å². The van der Waals surface area contributed by atoms with Crippen molar-refractivity contribution in [1.82, 2.24) is 0 Å². The average molecular weight is 256 g/mol. The number of esters is 1. The highest BCUT2D eigenvalue weighted by atomic mass is 16.7. The summed E-state index contributed by atoms with van der Waals surface area (Å²) < 4.78 is 15.8. The minimum Gasteiger partial charge on any atom is -0.468 e. The predicted molar refractivity (Wildman–Crippen MR) is 62.8 cm³/mol. The van der Waals surface area contributed by atoms with Gasteiger partial charge in [-0.15, -0.1) is 0 Å². The van der Waals surface area contributed by atoms with Crippen LogP contribution >= 0.6 is 0 Å². The molecule has 0 aromatic heterocycles. The maximum Gasteiger partial charge on any atom is 0.316 e. The molecular formula is C13H20O5. The Balaban J connectivity index is 1.83. The fraction of sp³-hybridized carbons (Fsp3) is 0.846. The molecule has 2 aliphatic rings. The standard InChI is InChI=1S/C13H20O5/c1-16-13(15)12-9(5-6-10(12)14)8-18-11-4-2-3-7-17-11/h9,11-12H,2-8H2,1H3. The fourth-order valence-corrected chi connectivity index (χ4v) is 2.62.